The van der Waals surface area contributed by atoms with E-state index in [4.69, 9.17) is 33.7 Å². The van der Waals surface area contributed by atoms with Gasteiger partial charge >= 0.3 is 0 Å². The zero-order chi connectivity index (χ0) is 16.3. The van der Waals surface area contributed by atoms with E-state index in [1.165, 1.54) is 25.3 Å². The van der Waals surface area contributed by atoms with Crippen LogP contribution in [-0.2, 0) is 0 Å². The number of anilines is 1. The fraction of sp³-hybridized carbons (Fsp3) is 0.0667. The fourth-order valence-electron chi connectivity index (χ4n) is 1.82. The van der Waals surface area contributed by atoms with Gasteiger partial charge < -0.3 is 15.8 Å². The van der Waals surface area contributed by atoms with E-state index in [0.29, 0.717) is 11.3 Å². The summed E-state index contributed by atoms with van der Waals surface area (Å²) in [6.07, 6.45) is 0. The topological polar surface area (TPSA) is 81.4 Å². The number of methoxy groups -OCH3 is 1. The van der Waals surface area contributed by atoms with Crippen molar-refractivity contribution in [2.45, 2.75) is 0 Å². The highest BCUT2D eigenvalue weighted by Crippen LogP contribution is 2.31. The number of rotatable bonds is 4. The van der Waals surface area contributed by atoms with E-state index >= 15 is 0 Å². The summed E-state index contributed by atoms with van der Waals surface area (Å²) >= 11 is 11.8. The van der Waals surface area contributed by atoms with Crippen molar-refractivity contribution < 1.29 is 14.3 Å². The average Bonchev–Trinajstić information content (AvgIpc) is 2.49. The van der Waals surface area contributed by atoms with Gasteiger partial charge in [0.2, 0.25) is 5.91 Å². The first kappa shape index (κ1) is 16.1. The van der Waals surface area contributed by atoms with Crippen molar-refractivity contribution in [1.82, 2.24) is 0 Å². The van der Waals surface area contributed by atoms with Gasteiger partial charge in [0.15, 0.2) is 0 Å². The second-order valence-corrected chi connectivity index (χ2v) is 5.18. The number of carbonyl (C=O) groups excluding carboxylic acids is 2. The zero-order valence-electron chi connectivity index (χ0n) is 11.5. The minimum atomic E-state index is -0.580. The summed E-state index contributed by atoms with van der Waals surface area (Å²) in [6.45, 7) is 0. The third-order valence-corrected chi connectivity index (χ3v) is 3.61. The summed E-state index contributed by atoms with van der Waals surface area (Å²) in [5.74, 6) is -0.738. The molecule has 2 rings (SSSR count). The van der Waals surface area contributed by atoms with E-state index in [0.717, 1.165) is 0 Å². The standard InChI is InChI=1S/C15H12Cl2N2O3/c1-22-13-7-12(17)11(16)6-10(13)15(21)19-9-4-2-3-8(5-9)14(18)20/h2-7H,1H3,(H2,18,20)(H,19,21). The van der Waals surface area contributed by atoms with Gasteiger partial charge in [0.1, 0.15) is 5.75 Å². The molecule has 5 nitrogen and oxygen atoms in total. The summed E-state index contributed by atoms with van der Waals surface area (Å²) in [6, 6.07) is 9.15. The van der Waals surface area contributed by atoms with Crippen LogP contribution in [0.1, 0.15) is 20.7 Å². The normalized spacial score (nSPS) is 10.1. The van der Waals surface area contributed by atoms with Gasteiger partial charge in [-0.25, -0.2) is 0 Å². The molecule has 0 aliphatic rings. The highest BCUT2D eigenvalue weighted by molar-refractivity contribution is 6.42. The first-order valence-corrected chi connectivity index (χ1v) is 6.92. The molecule has 2 amide bonds. The summed E-state index contributed by atoms with van der Waals surface area (Å²) in [5, 5.41) is 3.16. The van der Waals surface area contributed by atoms with Crippen LogP contribution in [0.25, 0.3) is 0 Å². The quantitative estimate of drug-likeness (QED) is 0.896. The lowest BCUT2D eigenvalue weighted by Crippen LogP contribution is -2.15. The van der Waals surface area contributed by atoms with E-state index in [1.807, 2.05) is 0 Å². The van der Waals surface area contributed by atoms with Gasteiger partial charge in [-0.05, 0) is 24.3 Å². The summed E-state index contributed by atoms with van der Waals surface area (Å²) in [7, 11) is 1.42. The molecule has 0 unspecified atom stereocenters. The minimum Gasteiger partial charge on any atom is -0.496 e. The Bertz CT molecular complexity index is 748. The molecule has 7 heteroatoms. The molecule has 114 valence electrons. The maximum atomic E-state index is 12.3. The monoisotopic (exact) mass is 338 g/mol. The first-order chi connectivity index (χ1) is 10.4. The van der Waals surface area contributed by atoms with E-state index in [2.05, 4.69) is 5.32 Å². The van der Waals surface area contributed by atoms with Crippen LogP contribution in [0.15, 0.2) is 36.4 Å². The number of benzene rings is 2. The Morgan fingerprint density at radius 3 is 2.45 bits per heavy atom. The van der Waals surface area contributed by atoms with Gasteiger partial charge in [-0.2, -0.15) is 0 Å². The Kier molecular flexibility index (Phi) is 4.90. The van der Waals surface area contributed by atoms with E-state index in [1.54, 1.807) is 18.2 Å². The van der Waals surface area contributed by atoms with Gasteiger partial charge in [0.05, 0.1) is 22.7 Å². The van der Waals surface area contributed by atoms with Gasteiger partial charge in [0.25, 0.3) is 5.91 Å². The number of primary amides is 1. The molecule has 0 spiro atoms. The molecule has 0 saturated carbocycles. The average molecular weight is 339 g/mol. The van der Waals surface area contributed by atoms with Gasteiger partial charge in [-0.1, -0.05) is 29.3 Å². The van der Waals surface area contributed by atoms with Gasteiger partial charge in [-0.3, -0.25) is 9.59 Å². The predicted molar refractivity (Wildman–Crippen MR) is 85.9 cm³/mol. The fourth-order valence-corrected chi connectivity index (χ4v) is 2.14. The molecular formula is C15H12Cl2N2O3. The predicted octanol–water partition coefficient (Wildman–Crippen LogP) is 3.35. The molecule has 0 radical (unpaired) electrons. The number of ether oxygens (including phenoxy) is 1. The summed E-state index contributed by atoms with van der Waals surface area (Å²) < 4.78 is 5.12. The molecule has 0 fully saturated rings. The number of amides is 2. The second kappa shape index (κ2) is 6.68. The molecule has 2 aromatic rings. The minimum absolute atomic E-state index is 0.223. The van der Waals surface area contributed by atoms with Crippen molar-refractivity contribution in [1.29, 1.82) is 0 Å². The molecular weight excluding hydrogens is 327 g/mol. The van der Waals surface area contributed by atoms with Crippen LogP contribution >= 0.6 is 23.2 Å². The van der Waals surface area contributed by atoms with Crippen LogP contribution in [0.5, 0.6) is 5.75 Å². The Labute approximate surface area is 137 Å². The lowest BCUT2D eigenvalue weighted by Gasteiger charge is -2.11. The maximum Gasteiger partial charge on any atom is 0.259 e. The maximum absolute atomic E-state index is 12.3. The molecule has 3 N–H and O–H groups in total. The Hall–Kier alpha value is -2.24. The Balaban J connectivity index is 2.31. The number of carbonyl (C=O) groups is 2. The molecule has 0 bridgehead atoms. The number of nitrogens with two attached hydrogens (primary N) is 1. The van der Waals surface area contributed by atoms with E-state index in [9.17, 15) is 9.59 Å². The molecule has 0 heterocycles. The van der Waals surface area contributed by atoms with Crippen molar-refractivity contribution in [2.75, 3.05) is 12.4 Å². The van der Waals surface area contributed by atoms with Crippen LogP contribution in [0.4, 0.5) is 5.69 Å². The summed E-state index contributed by atoms with van der Waals surface area (Å²) in [5.41, 5.74) is 6.14. The number of nitrogens with one attached hydrogen (secondary N) is 1. The smallest absolute Gasteiger partial charge is 0.259 e. The first-order valence-electron chi connectivity index (χ1n) is 6.16. The number of halogens is 2. The van der Waals surface area contributed by atoms with Crippen LogP contribution in [0.3, 0.4) is 0 Å². The molecule has 0 atom stereocenters. The second-order valence-electron chi connectivity index (χ2n) is 4.37. The van der Waals surface area contributed by atoms with Crippen LogP contribution < -0.4 is 15.8 Å². The van der Waals surface area contributed by atoms with Gasteiger partial charge in [0, 0.05) is 17.3 Å². The highest BCUT2D eigenvalue weighted by atomic mass is 35.5. The third-order valence-electron chi connectivity index (χ3n) is 2.89. The molecule has 2 aromatic carbocycles. The largest absolute Gasteiger partial charge is 0.496 e. The molecule has 0 aromatic heterocycles. The third kappa shape index (κ3) is 3.50. The molecule has 0 aliphatic heterocycles. The summed E-state index contributed by atoms with van der Waals surface area (Å²) in [4.78, 5) is 23.5. The highest BCUT2D eigenvalue weighted by Gasteiger charge is 2.16. The molecule has 0 saturated heterocycles. The van der Waals surface area contributed by atoms with Crippen LogP contribution in [0.2, 0.25) is 10.0 Å². The van der Waals surface area contributed by atoms with Crippen molar-refractivity contribution in [3.8, 4) is 5.75 Å². The van der Waals surface area contributed by atoms with Crippen LogP contribution in [-0.4, -0.2) is 18.9 Å². The molecule has 22 heavy (non-hydrogen) atoms. The van der Waals surface area contributed by atoms with E-state index < -0.39 is 11.8 Å². The lowest BCUT2D eigenvalue weighted by molar-refractivity contribution is 0.0995. The van der Waals surface area contributed by atoms with Crippen molar-refractivity contribution in [2.24, 2.45) is 5.73 Å². The Morgan fingerprint density at radius 2 is 1.82 bits per heavy atom. The lowest BCUT2D eigenvalue weighted by atomic mass is 10.1. The SMILES string of the molecule is COc1cc(Cl)c(Cl)cc1C(=O)Nc1cccc(C(N)=O)c1. The van der Waals surface area contributed by atoms with Crippen molar-refractivity contribution >= 4 is 40.7 Å². The molecule has 0 aliphatic carbocycles. The van der Waals surface area contributed by atoms with Crippen molar-refractivity contribution in [3.63, 3.8) is 0 Å². The van der Waals surface area contributed by atoms with Gasteiger partial charge in [-0.15, -0.1) is 0 Å². The Morgan fingerprint density at radius 1 is 1.14 bits per heavy atom. The number of hydrogen-bond donors (Lipinski definition) is 2. The van der Waals surface area contributed by atoms with Crippen LogP contribution in [0, 0.1) is 0 Å². The van der Waals surface area contributed by atoms with E-state index in [-0.39, 0.29) is 21.4 Å². The zero-order valence-corrected chi connectivity index (χ0v) is 13.0. The van der Waals surface area contributed by atoms with Crippen molar-refractivity contribution in [3.05, 3.63) is 57.6 Å². The number of hydrogen-bond acceptors (Lipinski definition) is 3.